The van der Waals surface area contributed by atoms with Crippen molar-refractivity contribution in [3.63, 3.8) is 0 Å². The summed E-state index contributed by atoms with van der Waals surface area (Å²) in [6.45, 7) is 11.5. The van der Waals surface area contributed by atoms with Gasteiger partial charge in [0.1, 0.15) is 5.72 Å². The van der Waals surface area contributed by atoms with Gasteiger partial charge in [0, 0.05) is 12.5 Å². The Bertz CT molecular complexity index is 653. The molecule has 11 atom stereocenters. The molecule has 6 fully saturated rings. The number of rotatable bonds is 0. The fourth-order valence-electron chi connectivity index (χ4n) is 10.5. The van der Waals surface area contributed by atoms with E-state index in [-0.39, 0.29) is 5.72 Å². The second-order valence-electron chi connectivity index (χ2n) is 13.1. The molecule has 164 valence electrons. The average molecular weight is 400 g/mol. The number of fused-ring (bicyclic) bond motifs is 7. The number of hydrogen-bond donors (Lipinski definition) is 1. The molecule has 6 rings (SSSR count). The molecule has 0 radical (unpaired) electrons. The molecular formula is C27H45NO. The maximum absolute atomic E-state index is 7.03. The highest BCUT2D eigenvalue weighted by atomic mass is 16.5. The second-order valence-corrected chi connectivity index (χ2v) is 13.1. The molecule has 0 aromatic rings. The smallest absolute Gasteiger partial charge is 0.122 e. The SMILES string of the molecule is CC1CCC2(NC1)O[C@H]1C[C@H]3[C@@H]4CCC5CCCC[C@]5(C)[C@H]4CC[C@]3(C)[C@H]1[C@H]2C. The molecule has 29 heavy (non-hydrogen) atoms. The first-order chi connectivity index (χ1) is 13.9. The van der Waals surface area contributed by atoms with E-state index < -0.39 is 0 Å². The molecule has 0 aromatic carbocycles. The zero-order valence-corrected chi connectivity index (χ0v) is 19.5. The Kier molecular flexibility index (Phi) is 4.37. The number of ether oxygens (including phenoxy) is 1. The minimum Gasteiger partial charge on any atom is -0.357 e. The van der Waals surface area contributed by atoms with E-state index in [9.17, 15) is 0 Å². The molecule has 0 bridgehead atoms. The van der Waals surface area contributed by atoms with Gasteiger partial charge in [-0.3, -0.25) is 5.32 Å². The van der Waals surface area contributed by atoms with Crippen molar-refractivity contribution in [2.24, 2.45) is 52.3 Å². The highest BCUT2D eigenvalue weighted by molar-refractivity contribution is 5.16. The van der Waals surface area contributed by atoms with Gasteiger partial charge in [-0.2, -0.15) is 0 Å². The Morgan fingerprint density at radius 1 is 0.828 bits per heavy atom. The summed E-state index contributed by atoms with van der Waals surface area (Å²) in [5, 5.41) is 3.91. The predicted molar refractivity (Wildman–Crippen MR) is 118 cm³/mol. The normalized spacial score (nSPS) is 61.7. The molecule has 4 saturated carbocycles. The molecule has 1 N–H and O–H groups in total. The van der Waals surface area contributed by atoms with Crippen molar-refractivity contribution >= 4 is 0 Å². The lowest BCUT2D eigenvalue weighted by atomic mass is 9.44. The third-order valence-electron chi connectivity index (χ3n) is 12.1. The van der Waals surface area contributed by atoms with Gasteiger partial charge < -0.3 is 4.74 Å². The number of piperidine rings is 1. The Balaban J connectivity index is 1.27. The van der Waals surface area contributed by atoms with E-state index in [0.29, 0.717) is 22.9 Å². The standard InChI is InChI=1S/C27H45NO/c1-17-10-14-27(28-16-17)18(2)24-23(29-27)15-22-20-9-8-19-7-5-6-12-25(19,3)21(20)11-13-26(22,24)4/h17-24,28H,5-16H2,1-4H3/t17?,18-,19?,20-,21+,22+,23+,24+,25+,26+,27?/m1/s1. The van der Waals surface area contributed by atoms with E-state index in [4.69, 9.17) is 4.74 Å². The maximum Gasteiger partial charge on any atom is 0.122 e. The summed E-state index contributed by atoms with van der Waals surface area (Å²) in [6, 6.07) is 0. The van der Waals surface area contributed by atoms with Crippen LogP contribution in [0.2, 0.25) is 0 Å². The number of hydrogen-bond acceptors (Lipinski definition) is 2. The van der Waals surface area contributed by atoms with Crippen molar-refractivity contribution < 1.29 is 4.74 Å². The van der Waals surface area contributed by atoms with Gasteiger partial charge in [-0.15, -0.1) is 0 Å². The topological polar surface area (TPSA) is 21.3 Å². The van der Waals surface area contributed by atoms with Gasteiger partial charge in [0.25, 0.3) is 0 Å². The predicted octanol–water partition coefficient (Wildman–Crippen LogP) is 6.40. The largest absolute Gasteiger partial charge is 0.357 e. The highest BCUT2D eigenvalue weighted by Crippen LogP contribution is 2.71. The lowest BCUT2D eigenvalue weighted by Gasteiger charge is -2.61. The van der Waals surface area contributed by atoms with Crippen molar-refractivity contribution in [3.8, 4) is 0 Å². The Labute approximate surface area is 179 Å². The molecule has 0 amide bonds. The molecule has 4 aliphatic carbocycles. The Morgan fingerprint density at radius 2 is 1.69 bits per heavy atom. The van der Waals surface area contributed by atoms with Crippen LogP contribution in [0.25, 0.3) is 0 Å². The van der Waals surface area contributed by atoms with E-state index in [0.717, 1.165) is 42.1 Å². The van der Waals surface area contributed by atoms with Crippen molar-refractivity contribution in [1.29, 1.82) is 0 Å². The minimum absolute atomic E-state index is 0.000316. The van der Waals surface area contributed by atoms with Gasteiger partial charge in [-0.25, -0.2) is 0 Å². The van der Waals surface area contributed by atoms with Gasteiger partial charge >= 0.3 is 0 Å². The molecule has 6 aliphatic rings. The minimum atomic E-state index is -0.000316. The van der Waals surface area contributed by atoms with Crippen molar-refractivity contribution in [2.45, 2.75) is 110 Å². The highest BCUT2D eigenvalue weighted by Gasteiger charge is 2.68. The molecule has 1 spiro atoms. The summed E-state index contributed by atoms with van der Waals surface area (Å²) >= 11 is 0. The van der Waals surface area contributed by atoms with Gasteiger partial charge in [-0.1, -0.05) is 40.5 Å². The molecule has 0 aromatic heterocycles. The maximum atomic E-state index is 7.03. The van der Waals surface area contributed by atoms with E-state index >= 15 is 0 Å². The molecule has 2 heteroatoms. The molecule has 2 aliphatic heterocycles. The van der Waals surface area contributed by atoms with Crippen LogP contribution in [0, 0.1) is 52.3 Å². The second kappa shape index (κ2) is 6.47. The molecule has 2 nitrogen and oxygen atoms in total. The molecule has 2 saturated heterocycles. The van der Waals surface area contributed by atoms with Crippen LogP contribution < -0.4 is 5.32 Å². The lowest BCUT2D eigenvalue weighted by molar-refractivity contribution is -0.132. The third kappa shape index (κ3) is 2.54. The third-order valence-corrected chi connectivity index (χ3v) is 12.1. The lowest BCUT2D eigenvalue weighted by Crippen LogP contribution is -2.57. The fraction of sp³-hybridized carbons (Fsp3) is 1.00. The Hall–Kier alpha value is -0.0800. The first-order valence-electron chi connectivity index (χ1n) is 13.3. The van der Waals surface area contributed by atoms with Crippen LogP contribution in [0.5, 0.6) is 0 Å². The zero-order valence-electron chi connectivity index (χ0n) is 19.5. The number of nitrogens with one attached hydrogen (secondary N) is 1. The summed E-state index contributed by atoms with van der Waals surface area (Å²) in [4.78, 5) is 0. The molecule has 2 heterocycles. The average Bonchev–Trinajstić information content (AvgIpc) is 3.15. The van der Waals surface area contributed by atoms with Crippen LogP contribution in [0.1, 0.15) is 98.3 Å². The summed E-state index contributed by atoms with van der Waals surface area (Å²) in [5.41, 5.74) is 1.19. The first kappa shape index (κ1) is 19.6. The summed E-state index contributed by atoms with van der Waals surface area (Å²) in [6.07, 6.45) is 16.5. The van der Waals surface area contributed by atoms with Crippen LogP contribution in [-0.4, -0.2) is 18.4 Å². The molecule has 3 unspecified atom stereocenters. The van der Waals surface area contributed by atoms with E-state index in [1.165, 1.54) is 70.6 Å². The van der Waals surface area contributed by atoms with E-state index in [1.54, 1.807) is 0 Å². The Morgan fingerprint density at radius 3 is 2.48 bits per heavy atom. The van der Waals surface area contributed by atoms with Crippen LogP contribution in [-0.2, 0) is 4.74 Å². The summed E-state index contributed by atoms with van der Waals surface area (Å²) in [7, 11) is 0. The van der Waals surface area contributed by atoms with Crippen LogP contribution in [0.3, 0.4) is 0 Å². The van der Waals surface area contributed by atoms with E-state index in [1.807, 2.05) is 0 Å². The van der Waals surface area contributed by atoms with E-state index in [2.05, 4.69) is 33.0 Å². The van der Waals surface area contributed by atoms with Crippen LogP contribution in [0.15, 0.2) is 0 Å². The summed E-state index contributed by atoms with van der Waals surface area (Å²) < 4.78 is 7.03. The fourth-order valence-corrected chi connectivity index (χ4v) is 10.5. The quantitative estimate of drug-likeness (QED) is 0.509. The van der Waals surface area contributed by atoms with Crippen molar-refractivity contribution in [2.75, 3.05) is 6.54 Å². The summed E-state index contributed by atoms with van der Waals surface area (Å²) in [5.74, 6) is 6.23. The van der Waals surface area contributed by atoms with Crippen LogP contribution in [0.4, 0.5) is 0 Å². The zero-order chi connectivity index (χ0) is 20.0. The molecular weight excluding hydrogens is 354 g/mol. The van der Waals surface area contributed by atoms with Gasteiger partial charge in [0.2, 0.25) is 0 Å². The van der Waals surface area contributed by atoms with Gasteiger partial charge in [-0.05, 0) is 104 Å². The van der Waals surface area contributed by atoms with Crippen molar-refractivity contribution in [3.05, 3.63) is 0 Å². The van der Waals surface area contributed by atoms with Gasteiger partial charge in [0.05, 0.1) is 6.10 Å². The van der Waals surface area contributed by atoms with Crippen LogP contribution >= 0.6 is 0 Å². The monoisotopic (exact) mass is 399 g/mol. The first-order valence-corrected chi connectivity index (χ1v) is 13.3. The van der Waals surface area contributed by atoms with Crippen molar-refractivity contribution in [1.82, 2.24) is 5.32 Å². The van der Waals surface area contributed by atoms with Gasteiger partial charge in [0.15, 0.2) is 0 Å².